The molecule has 0 aliphatic carbocycles. The number of hydrogen-bond acceptors (Lipinski definition) is 3. The molecule has 0 saturated carbocycles. The lowest BCUT2D eigenvalue weighted by atomic mass is 10.1. The first-order valence-corrected chi connectivity index (χ1v) is 8.70. The lowest BCUT2D eigenvalue weighted by Crippen LogP contribution is -2.53. The number of carbonyl (C=O) groups is 1. The molecule has 138 valence electrons. The van der Waals surface area contributed by atoms with E-state index in [4.69, 9.17) is 4.42 Å². The fourth-order valence-electron chi connectivity index (χ4n) is 2.98. The van der Waals surface area contributed by atoms with Crippen molar-refractivity contribution in [1.29, 1.82) is 0 Å². The Kier molecular flexibility index (Phi) is 5.88. The predicted octanol–water partition coefficient (Wildman–Crippen LogP) is 1.99. The van der Waals surface area contributed by atoms with Gasteiger partial charge in [0.25, 0.3) is 5.91 Å². The normalized spacial score (nSPS) is 15.2. The van der Waals surface area contributed by atoms with Crippen LogP contribution in [0, 0.1) is 5.82 Å². The Balaban J connectivity index is 1.46. The van der Waals surface area contributed by atoms with Crippen molar-refractivity contribution >= 4 is 11.9 Å². The average molecular weight is 358 g/mol. The third kappa shape index (κ3) is 4.41. The second kappa shape index (κ2) is 8.51. The number of halogens is 1. The number of nitrogens with one attached hydrogen (secondary N) is 1. The summed E-state index contributed by atoms with van der Waals surface area (Å²) >= 11 is 0. The van der Waals surface area contributed by atoms with Crippen molar-refractivity contribution in [2.45, 2.75) is 6.42 Å². The van der Waals surface area contributed by atoms with Crippen molar-refractivity contribution in [3.63, 3.8) is 0 Å². The molecule has 2 heterocycles. The van der Waals surface area contributed by atoms with Crippen molar-refractivity contribution < 1.29 is 13.6 Å². The summed E-state index contributed by atoms with van der Waals surface area (Å²) in [6.45, 7) is 3.38. The summed E-state index contributed by atoms with van der Waals surface area (Å²) in [6.07, 6.45) is 2.30. The average Bonchev–Trinajstić information content (AvgIpc) is 3.21. The molecule has 1 N–H and O–H groups in total. The SMILES string of the molecule is CN=C(NCCc1ccc(F)cc1)N1CCN(C(=O)c2ccco2)CC1. The molecule has 0 bridgehead atoms. The number of nitrogens with zero attached hydrogens (tertiary/aromatic N) is 3. The van der Waals surface area contributed by atoms with E-state index in [2.05, 4.69) is 15.2 Å². The van der Waals surface area contributed by atoms with Crippen molar-refractivity contribution in [2.24, 2.45) is 4.99 Å². The molecule has 1 aromatic heterocycles. The van der Waals surface area contributed by atoms with Crippen molar-refractivity contribution in [3.05, 3.63) is 59.8 Å². The quantitative estimate of drug-likeness (QED) is 0.671. The van der Waals surface area contributed by atoms with E-state index in [-0.39, 0.29) is 11.7 Å². The van der Waals surface area contributed by atoms with Crippen LogP contribution in [0.1, 0.15) is 16.1 Å². The topological polar surface area (TPSA) is 61.1 Å². The molecule has 0 radical (unpaired) electrons. The Hall–Kier alpha value is -2.83. The Morgan fingerprint density at radius 1 is 1.15 bits per heavy atom. The number of guanidine groups is 1. The molecule has 7 heteroatoms. The predicted molar refractivity (Wildman–Crippen MR) is 97.7 cm³/mol. The Morgan fingerprint density at radius 3 is 2.46 bits per heavy atom. The van der Waals surface area contributed by atoms with Gasteiger partial charge < -0.3 is 19.5 Å². The second-order valence-electron chi connectivity index (χ2n) is 6.11. The number of aliphatic imine (C=N–C) groups is 1. The van der Waals surface area contributed by atoms with E-state index in [1.54, 1.807) is 36.2 Å². The maximum atomic E-state index is 12.9. The first-order chi connectivity index (χ1) is 12.7. The molecule has 0 spiro atoms. The van der Waals surface area contributed by atoms with Crippen molar-refractivity contribution in [1.82, 2.24) is 15.1 Å². The van der Waals surface area contributed by atoms with E-state index in [9.17, 15) is 9.18 Å². The molecule has 26 heavy (non-hydrogen) atoms. The highest BCUT2D eigenvalue weighted by molar-refractivity contribution is 5.91. The first-order valence-electron chi connectivity index (χ1n) is 8.70. The van der Waals surface area contributed by atoms with Gasteiger partial charge in [0.1, 0.15) is 5.82 Å². The monoisotopic (exact) mass is 358 g/mol. The summed E-state index contributed by atoms with van der Waals surface area (Å²) in [7, 11) is 1.75. The zero-order chi connectivity index (χ0) is 18.4. The molecule has 1 aliphatic heterocycles. The fourth-order valence-corrected chi connectivity index (χ4v) is 2.98. The van der Waals surface area contributed by atoms with Crippen LogP contribution in [-0.2, 0) is 6.42 Å². The minimum Gasteiger partial charge on any atom is -0.459 e. The lowest BCUT2D eigenvalue weighted by molar-refractivity contribution is 0.0658. The molecule has 6 nitrogen and oxygen atoms in total. The largest absolute Gasteiger partial charge is 0.459 e. The van der Waals surface area contributed by atoms with E-state index in [1.165, 1.54) is 18.4 Å². The fraction of sp³-hybridized carbons (Fsp3) is 0.368. The molecule has 2 aromatic rings. The zero-order valence-electron chi connectivity index (χ0n) is 14.8. The van der Waals surface area contributed by atoms with E-state index in [0.717, 1.165) is 17.9 Å². The molecule has 0 unspecified atom stereocenters. The van der Waals surface area contributed by atoms with Crippen LogP contribution < -0.4 is 5.32 Å². The number of hydrogen-bond donors (Lipinski definition) is 1. The van der Waals surface area contributed by atoms with Gasteiger partial charge in [-0.2, -0.15) is 0 Å². The Labute approximate surface area is 152 Å². The Bertz CT molecular complexity index is 735. The van der Waals surface area contributed by atoms with Gasteiger partial charge in [-0.1, -0.05) is 12.1 Å². The van der Waals surface area contributed by atoms with Gasteiger partial charge in [0.2, 0.25) is 0 Å². The third-order valence-electron chi connectivity index (χ3n) is 4.42. The number of piperazine rings is 1. The molecule has 1 fully saturated rings. The summed E-state index contributed by atoms with van der Waals surface area (Å²) in [5.41, 5.74) is 1.07. The van der Waals surface area contributed by atoms with Crippen LogP contribution in [-0.4, -0.2) is 61.4 Å². The summed E-state index contributed by atoms with van der Waals surface area (Å²) in [5, 5.41) is 3.33. The summed E-state index contributed by atoms with van der Waals surface area (Å²) < 4.78 is 18.1. The number of carbonyl (C=O) groups excluding carboxylic acids is 1. The highest BCUT2D eigenvalue weighted by atomic mass is 19.1. The zero-order valence-corrected chi connectivity index (χ0v) is 14.8. The molecule has 1 aromatic carbocycles. The number of benzene rings is 1. The standard InChI is InChI=1S/C19H23FN4O2/c1-21-19(22-9-8-15-4-6-16(20)7-5-15)24-12-10-23(11-13-24)18(25)17-3-2-14-26-17/h2-7,14H,8-13H2,1H3,(H,21,22). The minimum absolute atomic E-state index is 0.0751. The van der Waals surface area contributed by atoms with Gasteiger partial charge in [-0.05, 0) is 36.2 Å². The first kappa shape index (κ1) is 18.0. The molecule has 0 atom stereocenters. The van der Waals surface area contributed by atoms with Crippen LogP contribution >= 0.6 is 0 Å². The molecule has 3 rings (SSSR count). The van der Waals surface area contributed by atoms with E-state index >= 15 is 0 Å². The molecular formula is C19H23FN4O2. The van der Waals surface area contributed by atoms with Crippen molar-refractivity contribution in [2.75, 3.05) is 39.8 Å². The van der Waals surface area contributed by atoms with E-state index in [0.29, 0.717) is 38.5 Å². The highest BCUT2D eigenvalue weighted by Gasteiger charge is 2.24. The summed E-state index contributed by atoms with van der Waals surface area (Å²) in [4.78, 5) is 20.6. The van der Waals surface area contributed by atoms with Crippen LogP contribution in [0.2, 0.25) is 0 Å². The van der Waals surface area contributed by atoms with Gasteiger partial charge in [0.15, 0.2) is 11.7 Å². The van der Waals surface area contributed by atoms with Crippen LogP contribution in [0.3, 0.4) is 0 Å². The van der Waals surface area contributed by atoms with Gasteiger partial charge >= 0.3 is 0 Å². The maximum Gasteiger partial charge on any atom is 0.289 e. The van der Waals surface area contributed by atoms with Gasteiger partial charge in [0.05, 0.1) is 6.26 Å². The lowest BCUT2D eigenvalue weighted by Gasteiger charge is -2.36. The highest BCUT2D eigenvalue weighted by Crippen LogP contribution is 2.09. The van der Waals surface area contributed by atoms with Gasteiger partial charge in [0, 0.05) is 39.8 Å². The molecule has 1 amide bonds. The number of amides is 1. The van der Waals surface area contributed by atoms with Crippen LogP contribution in [0.25, 0.3) is 0 Å². The van der Waals surface area contributed by atoms with Crippen LogP contribution in [0.4, 0.5) is 4.39 Å². The third-order valence-corrected chi connectivity index (χ3v) is 4.42. The molecular weight excluding hydrogens is 335 g/mol. The van der Waals surface area contributed by atoms with E-state index < -0.39 is 0 Å². The molecule has 1 aliphatic rings. The Morgan fingerprint density at radius 2 is 1.85 bits per heavy atom. The number of rotatable bonds is 4. The number of furan rings is 1. The van der Waals surface area contributed by atoms with Crippen LogP contribution in [0.5, 0.6) is 0 Å². The van der Waals surface area contributed by atoms with Gasteiger partial charge in [-0.3, -0.25) is 9.79 Å². The smallest absolute Gasteiger partial charge is 0.289 e. The minimum atomic E-state index is -0.223. The van der Waals surface area contributed by atoms with E-state index in [1.807, 2.05) is 0 Å². The van der Waals surface area contributed by atoms with Gasteiger partial charge in [-0.15, -0.1) is 0 Å². The van der Waals surface area contributed by atoms with Crippen molar-refractivity contribution in [3.8, 4) is 0 Å². The van der Waals surface area contributed by atoms with Gasteiger partial charge in [-0.25, -0.2) is 4.39 Å². The molecule has 1 saturated heterocycles. The summed E-state index contributed by atoms with van der Waals surface area (Å²) in [5.74, 6) is 0.894. The summed E-state index contributed by atoms with van der Waals surface area (Å²) in [6, 6.07) is 9.93. The second-order valence-corrected chi connectivity index (χ2v) is 6.11. The van der Waals surface area contributed by atoms with Crippen LogP contribution in [0.15, 0.2) is 52.1 Å². The maximum absolute atomic E-state index is 12.9.